The Morgan fingerprint density at radius 2 is 1.72 bits per heavy atom. The number of nitrogens with two attached hydrogens (primary N) is 3. The Labute approximate surface area is 115 Å². The molecule has 0 rings (SSSR count). The van der Waals surface area contributed by atoms with Gasteiger partial charge in [-0.1, -0.05) is 0 Å². The monoisotopic (exact) mass is 300 g/mol. The van der Waals surface area contributed by atoms with E-state index in [1.165, 1.54) is 0 Å². The molecule has 7 nitrogen and oxygen atoms in total. The molecule has 0 radical (unpaired) electrons. The Morgan fingerprint density at radius 1 is 1.22 bits per heavy atom. The highest BCUT2D eigenvalue weighted by Gasteiger charge is 2.09. The van der Waals surface area contributed by atoms with Gasteiger partial charge in [0.05, 0.1) is 11.8 Å². The molecule has 106 valence electrons. The van der Waals surface area contributed by atoms with Crippen LogP contribution in [0.25, 0.3) is 0 Å². The molecule has 18 heavy (non-hydrogen) atoms. The summed E-state index contributed by atoms with van der Waals surface area (Å²) in [6, 6.07) is -0.820. The van der Waals surface area contributed by atoms with E-state index in [9.17, 15) is 9.59 Å². The predicted molar refractivity (Wildman–Crippen MR) is 72.0 cm³/mol. The van der Waals surface area contributed by atoms with Crippen LogP contribution in [0, 0.1) is 0 Å². The second-order valence-corrected chi connectivity index (χ2v) is 3.73. The van der Waals surface area contributed by atoms with Gasteiger partial charge in [0.1, 0.15) is 6.04 Å². The largest absolute Gasteiger partial charge is 0.480 e. The van der Waals surface area contributed by atoms with Crippen molar-refractivity contribution in [3.05, 3.63) is 0 Å². The molecule has 0 aromatic heterocycles. The highest BCUT2D eigenvalue weighted by Crippen LogP contribution is 1.94. The minimum atomic E-state index is -1.00. The molecular weight excluding hydrogens is 283 g/mol. The average molecular weight is 301 g/mol. The summed E-state index contributed by atoms with van der Waals surface area (Å²) in [7, 11) is 0. The second-order valence-electron chi connectivity index (χ2n) is 3.20. The molecule has 0 amide bonds. The number of aliphatic imine (C=N–C) groups is 1. The lowest BCUT2D eigenvalue weighted by atomic mass is 10.2. The summed E-state index contributed by atoms with van der Waals surface area (Å²) in [5, 5.41) is 8.38. The molecular formula is C9H18Cl2N4O3. The number of ketones is 1. The van der Waals surface area contributed by atoms with E-state index in [0.717, 1.165) is 0 Å². The number of guanidine groups is 1. The highest BCUT2D eigenvalue weighted by molar-refractivity contribution is 6.35. The van der Waals surface area contributed by atoms with Gasteiger partial charge in [0.25, 0.3) is 0 Å². The lowest BCUT2D eigenvalue weighted by Gasteiger charge is -2.03. The van der Waals surface area contributed by atoms with Gasteiger partial charge < -0.3 is 22.3 Å². The first kappa shape index (κ1) is 19.3. The van der Waals surface area contributed by atoms with Crippen LogP contribution >= 0.6 is 23.2 Å². The molecule has 0 spiro atoms. The van der Waals surface area contributed by atoms with Crippen molar-refractivity contribution in [2.75, 3.05) is 18.3 Å². The van der Waals surface area contributed by atoms with Crippen LogP contribution in [0.4, 0.5) is 0 Å². The standard InChI is InChI=1S/C6H14N4O2.C3H4Cl2O/c7-4(5(11)12)2-1-3-10-6(8)9;4-1-3(6)2-5/h4H,1-3,7H2,(H,11,12)(H4,8,9,10);1-2H2. The van der Waals surface area contributed by atoms with Crippen molar-refractivity contribution in [1.29, 1.82) is 0 Å². The van der Waals surface area contributed by atoms with Gasteiger partial charge in [-0.15, -0.1) is 23.2 Å². The van der Waals surface area contributed by atoms with Gasteiger partial charge in [-0.25, -0.2) is 0 Å². The van der Waals surface area contributed by atoms with Gasteiger partial charge in [-0.05, 0) is 12.8 Å². The smallest absolute Gasteiger partial charge is 0.320 e. The molecule has 7 N–H and O–H groups in total. The third-order valence-electron chi connectivity index (χ3n) is 1.58. The number of rotatable bonds is 7. The molecule has 0 aromatic carbocycles. The number of carbonyl (C=O) groups is 2. The van der Waals surface area contributed by atoms with Crippen LogP contribution in [0.15, 0.2) is 4.99 Å². The molecule has 0 aliphatic heterocycles. The maximum absolute atomic E-state index is 10.2. The molecule has 0 aromatic rings. The van der Waals surface area contributed by atoms with Crippen LogP contribution in [-0.4, -0.2) is 47.2 Å². The van der Waals surface area contributed by atoms with Crippen molar-refractivity contribution in [3.63, 3.8) is 0 Å². The van der Waals surface area contributed by atoms with Crippen molar-refractivity contribution >= 4 is 40.9 Å². The van der Waals surface area contributed by atoms with E-state index in [2.05, 4.69) is 4.99 Å². The number of alkyl halides is 2. The zero-order valence-corrected chi connectivity index (χ0v) is 11.3. The van der Waals surface area contributed by atoms with Crippen molar-refractivity contribution in [2.24, 2.45) is 22.2 Å². The zero-order valence-electron chi connectivity index (χ0n) is 9.81. The Balaban J connectivity index is 0. The third kappa shape index (κ3) is 14.9. The molecule has 0 bridgehead atoms. The fourth-order valence-electron chi connectivity index (χ4n) is 0.679. The summed E-state index contributed by atoms with van der Waals surface area (Å²) < 4.78 is 0. The minimum Gasteiger partial charge on any atom is -0.480 e. The molecule has 0 aliphatic rings. The maximum atomic E-state index is 10.2. The summed E-state index contributed by atoms with van der Waals surface area (Å²) in [4.78, 5) is 23.8. The lowest BCUT2D eigenvalue weighted by Crippen LogP contribution is -2.30. The molecule has 9 heteroatoms. The number of carboxylic acid groups (broad SMARTS) is 1. The minimum absolute atomic E-state index is 0.0129. The first-order chi connectivity index (χ1) is 8.34. The highest BCUT2D eigenvalue weighted by atomic mass is 35.5. The van der Waals surface area contributed by atoms with Gasteiger partial charge in [0, 0.05) is 6.54 Å². The summed E-state index contributed by atoms with van der Waals surface area (Å²) >= 11 is 10.0. The summed E-state index contributed by atoms with van der Waals surface area (Å²) in [6.07, 6.45) is 0.956. The van der Waals surface area contributed by atoms with E-state index in [1.54, 1.807) is 0 Å². The van der Waals surface area contributed by atoms with Crippen LogP contribution in [0.3, 0.4) is 0 Å². The summed E-state index contributed by atoms with van der Waals surface area (Å²) in [5.74, 6) is -1.05. The van der Waals surface area contributed by atoms with Gasteiger partial charge in [-0.3, -0.25) is 14.6 Å². The van der Waals surface area contributed by atoms with E-state index >= 15 is 0 Å². The van der Waals surface area contributed by atoms with Crippen LogP contribution < -0.4 is 17.2 Å². The maximum Gasteiger partial charge on any atom is 0.320 e. The molecule has 0 aliphatic carbocycles. The molecule has 0 saturated heterocycles. The summed E-state index contributed by atoms with van der Waals surface area (Å²) in [6.45, 7) is 0.420. The Bertz CT molecular complexity index is 277. The Hall–Kier alpha value is -1.05. The number of aliphatic carboxylic acids is 1. The average Bonchev–Trinajstić information content (AvgIpc) is 2.33. The fourth-order valence-corrected chi connectivity index (χ4v) is 0.964. The Morgan fingerprint density at radius 3 is 2.00 bits per heavy atom. The van der Waals surface area contributed by atoms with Crippen molar-refractivity contribution < 1.29 is 14.7 Å². The number of hydrogen-bond donors (Lipinski definition) is 4. The predicted octanol–water partition coefficient (Wildman–Crippen LogP) is -0.515. The van der Waals surface area contributed by atoms with Gasteiger partial charge in [0.15, 0.2) is 11.7 Å². The SMILES string of the molecule is NC(N)=NCCCC(N)C(=O)O.O=C(CCl)CCl. The second kappa shape index (κ2) is 12.4. The summed E-state index contributed by atoms with van der Waals surface area (Å²) in [5.41, 5.74) is 15.3. The Kier molecular flexibility index (Phi) is 13.3. The fraction of sp³-hybridized carbons (Fsp3) is 0.667. The topological polar surface area (TPSA) is 145 Å². The quantitative estimate of drug-likeness (QED) is 0.215. The van der Waals surface area contributed by atoms with E-state index in [-0.39, 0.29) is 23.5 Å². The third-order valence-corrected chi connectivity index (χ3v) is 2.18. The first-order valence-corrected chi connectivity index (χ1v) is 6.09. The van der Waals surface area contributed by atoms with Crippen molar-refractivity contribution in [1.82, 2.24) is 0 Å². The van der Waals surface area contributed by atoms with Crippen LogP contribution in [0.1, 0.15) is 12.8 Å². The molecule has 1 unspecified atom stereocenters. The number of carbonyl (C=O) groups excluding carboxylic acids is 1. The number of carboxylic acids is 1. The van der Waals surface area contributed by atoms with Crippen LogP contribution in [0.5, 0.6) is 0 Å². The molecule has 1 atom stereocenters. The van der Waals surface area contributed by atoms with E-state index in [4.69, 9.17) is 45.5 Å². The van der Waals surface area contributed by atoms with Crippen LogP contribution in [-0.2, 0) is 9.59 Å². The number of halogens is 2. The van der Waals surface area contributed by atoms with E-state index in [1.807, 2.05) is 0 Å². The number of hydrogen-bond acceptors (Lipinski definition) is 4. The van der Waals surface area contributed by atoms with Gasteiger partial charge in [0.2, 0.25) is 0 Å². The zero-order chi connectivity index (χ0) is 14.6. The van der Waals surface area contributed by atoms with E-state index < -0.39 is 12.0 Å². The lowest BCUT2D eigenvalue weighted by molar-refractivity contribution is -0.138. The number of nitrogens with zero attached hydrogens (tertiary/aromatic N) is 1. The van der Waals surface area contributed by atoms with E-state index in [0.29, 0.717) is 19.4 Å². The van der Waals surface area contributed by atoms with Gasteiger partial charge >= 0.3 is 5.97 Å². The first-order valence-electron chi connectivity index (χ1n) is 5.02. The van der Waals surface area contributed by atoms with Crippen molar-refractivity contribution in [3.8, 4) is 0 Å². The number of Topliss-reactive ketones (excluding diaryl/α,β-unsaturated/α-hetero) is 1. The van der Waals surface area contributed by atoms with Crippen molar-refractivity contribution in [2.45, 2.75) is 18.9 Å². The normalized spacial score (nSPS) is 10.8. The molecule has 0 heterocycles. The molecule has 0 saturated carbocycles. The molecule has 0 fully saturated rings. The van der Waals surface area contributed by atoms with Crippen LogP contribution in [0.2, 0.25) is 0 Å². The van der Waals surface area contributed by atoms with Gasteiger partial charge in [-0.2, -0.15) is 0 Å².